The van der Waals surface area contributed by atoms with Gasteiger partial charge in [0, 0.05) is 28.6 Å². The summed E-state index contributed by atoms with van der Waals surface area (Å²) in [4.78, 5) is 19.2. The summed E-state index contributed by atoms with van der Waals surface area (Å²) in [5.41, 5.74) is 1.45. The molecule has 1 aromatic heterocycles. The Bertz CT molecular complexity index is 1150. The van der Waals surface area contributed by atoms with Crippen LogP contribution in [0.3, 0.4) is 0 Å². The van der Waals surface area contributed by atoms with Crippen LogP contribution in [0.15, 0.2) is 75.5 Å². The van der Waals surface area contributed by atoms with E-state index in [1.54, 1.807) is 12.1 Å². The third-order valence-electron chi connectivity index (χ3n) is 4.55. The van der Waals surface area contributed by atoms with E-state index in [-0.39, 0.29) is 10.5 Å². The number of rotatable bonds is 10. The second-order valence-electron chi connectivity index (χ2n) is 6.97. The molecule has 164 valence electrons. The number of nitrogens with zero attached hydrogens (tertiary/aromatic N) is 1. The van der Waals surface area contributed by atoms with Crippen molar-refractivity contribution in [2.75, 3.05) is 5.75 Å². The van der Waals surface area contributed by atoms with E-state index in [0.29, 0.717) is 22.4 Å². The minimum atomic E-state index is -3.73. The molecule has 31 heavy (non-hydrogen) atoms. The number of hydrogen-bond acceptors (Lipinski definition) is 5. The molecule has 0 aliphatic heterocycles. The largest absolute Gasteiger partial charge is 0.301 e. The Morgan fingerprint density at radius 3 is 2.52 bits per heavy atom. The first-order valence-corrected chi connectivity index (χ1v) is 12.8. The normalized spacial score (nSPS) is 12.6. The highest BCUT2D eigenvalue weighted by atomic mass is 35.5. The number of thioether (sulfide) groups is 1. The van der Waals surface area contributed by atoms with Gasteiger partial charge in [0.1, 0.15) is 0 Å². The van der Waals surface area contributed by atoms with Crippen LogP contribution in [-0.4, -0.2) is 24.1 Å². The molecule has 0 radical (unpaired) electrons. The minimum Gasteiger partial charge on any atom is -0.301 e. The van der Waals surface area contributed by atoms with Gasteiger partial charge in [-0.15, -0.1) is 0 Å². The molecule has 0 fully saturated rings. The van der Waals surface area contributed by atoms with Crippen LogP contribution in [0.1, 0.15) is 37.1 Å². The number of sulfonamides is 1. The summed E-state index contributed by atoms with van der Waals surface area (Å²) in [5, 5.41) is 1.02. The maximum absolute atomic E-state index is 12.9. The Morgan fingerprint density at radius 1 is 1.13 bits per heavy atom. The van der Waals surface area contributed by atoms with Crippen molar-refractivity contribution in [1.29, 1.82) is 0 Å². The molecule has 2 N–H and O–H groups in total. The number of benzene rings is 2. The van der Waals surface area contributed by atoms with Gasteiger partial charge in [-0.3, -0.25) is 4.79 Å². The Balaban J connectivity index is 1.75. The van der Waals surface area contributed by atoms with Crippen LogP contribution in [0.2, 0.25) is 5.02 Å². The average molecular weight is 478 g/mol. The average Bonchev–Trinajstić information content (AvgIpc) is 2.74. The molecule has 0 saturated heterocycles. The number of hydrogen-bond donors (Lipinski definition) is 2. The van der Waals surface area contributed by atoms with Crippen molar-refractivity contribution >= 4 is 33.4 Å². The van der Waals surface area contributed by atoms with E-state index in [9.17, 15) is 13.2 Å². The van der Waals surface area contributed by atoms with E-state index in [0.717, 1.165) is 24.1 Å². The van der Waals surface area contributed by atoms with Gasteiger partial charge in [0.15, 0.2) is 5.16 Å². The molecule has 0 aliphatic carbocycles. The first kappa shape index (κ1) is 23.5. The van der Waals surface area contributed by atoms with Gasteiger partial charge in [-0.25, -0.2) is 18.1 Å². The van der Waals surface area contributed by atoms with Crippen LogP contribution in [0.5, 0.6) is 0 Å². The summed E-state index contributed by atoms with van der Waals surface area (Å²) in [5.74, 6) is 0.571. The third kappa shape index (κ3) is 6.93. The lowest BCUT2D eigenvalue weighted by Crippen LogP contribution is -2.29. The number of aromatic amines is 1. The number of H-pyrrole nitrogens is 1. The van der Waals surface area contributed by atoms with Crippen molar-refractivity contribution in [3.05, 3.63) is 87.3 Å². The second kappa shape index (κ2) is 10.9. The minimum absolute atomic E-state index is 0.156. The molecule has 9 heteroatoms. The number of nitrogens with one attached hydrogen (secondary N) is 2. The van der Waals surface area contributed by atoms with E-state index < -0.39 is 16.1 Å². The van der Waals surface area contributed by atoms with Gasteiger partial charge in [0.25, 0.3) is 5.56 Å². The first-order valence-electron chi connectivity index (χ1n) is 9.93. The van der Waals surface area contributed by atoms with E-state index in [2.05, 4.69) is 14.7 Å². The maximum atomic E-state index is 12.9. The number of aromatic nitrogens is 2. The van der Waals surface area contributed by atoms with Crippen molar-refractivity contribution < 1.29 is 8.42 Å². The smallest absolute Gasteiger partial charge is 0.251 e. The van der Waals surface area contributed by atoms with Gasteiger partial charge in [0.05, 0.1) is 4.90 Å². The standard InChI is InChI=1S/C22H24ClN3O3S2/c1-2-6-18-15-21(27)25-22(24-18)30-14-13-20(16-7-4-3-5-8-16)26-31(28,29)19-11-9-17(23)10-12-19/h3-5,7-12,15,20,26H,2,6,13-14H2,1H3,(H,24,25,27)/t20-/m0/s1. The van der Waals surface area contributed by atoms with Gasteiger partial charge in [-0.2, -0.15) is 0 Å². The molecule has 0 amide bonds. The topological polar surface area (TPSA) is 91.9 Å². The van der Waals surface area contributed by atoms with Crippen LogP contribution in [0, 0.1) is 0 Å². The van der Waals surface area contributed by atoms with E-state index >= 15 is 0 Å². The Labute approximate surface area is 191 Å². The molecule has 1 atom stereocenters. The molecular formula is C22H24ClN3O3S2. The van der Waals surface area contributed by atoms with E-state index in [1.807, 2.05) is 37.3 Å². The maximum Gasteiger partial charge on any atom is 0.251 e. The number of aryl methyl sites for hydroxylation is 1. The molecule has 1 heterocycles. The first-order chi connectivity index (χ1) is 14.9. The zero-order valence-electron chi connectivity index (χ0n) is 17.0. The van der Waals surface area contributed by atoms with Crippen LogP contribution < -0.4 is 10.3 Å². The summed E-state index contributed by atoms with van der Waals surface area (Å²) in [7, 11) is -3.73. The molecule has 3 aromatic rings. The lowest BCUT2D eigenvalue weighted by Gasteiger charge is -2.19. The number of halogens is 1. The fraction of sp³-hybridized carbons (Fsp3) is 0.273. The lowest BCUT2D eigenvalue weighted by atomic mass is 10.1. The molecule has 2 aromatic carbocycles. The summed E-state index contributed by atoms with van der Waals surface area (Å²) >= 11 is 7.29. The predicted octanol–water partition coefficient (Wildman–Crippen LogP) is 4.58. The highest BCUT2D eigenvalue weighted by Gasteiger charge is 2.21. The molecule has 0 saturated carbocycles. The van der Waals surface area contributed by atoms with Crippen molar-refractivity contribution in [3.8, 4) is 0 Å². The molecule has 3 rings (SSSR count). The van der Waals surface area contributed by atoms with Crippen LogP contribution >= 0.6 is 23.4 Å². The van der Waals surface area contributed by atoms with Crippen molar-refractivity contribution in [1.82, 2.24) is 14.7 Å². The summed E-state index contributed by atoms with van der Waals surface area (Å²) in [6.07, 6.45) is 2.16. The van der Waals surface area contributed by atoms with Gasteiger partial charge in [-0.05, 0) is 42.7 Å². The van der Waals surface area contributed by atoms with Crippen LogP contribution in [0.25, 0.3) is 0 Å². The van der Waals surface area contributed by atoms with Crippen LogP contribution in [-0.2, 0) is 16.4 Å². The summed E-state index contributed by atoms with van der Waals surface area (Å²) < 4.78 is 28.6. The monoisotopic (exact) mass is 477 g/mol. The zero-order chi connectivity index (χ0) is 22.3. The SMILES string of the molecule is CCCc1cc(=O)[nH]c(SCC[C@H](NS(=O)(=O)c2ccc(Cl)cc2)c2ccccc2)n1. The molecule has 0 bridgehead atoms. The van der Waals surface area contributed by atoms with Crippen LogP contribution in [0.4, 0.5) is 0 Å². The molecule has 0 unspecified atom stereocenters. The van der Waals surface area contributed by atoms with Crippen molar-refractivity contribution in [2.45, 2.75) is 42.3 Å². The highest BCUT2D eigenvalue weighted by Crippen LogP contribution is 2.24. The summed E-state index contributed by atoms with van der Waals surface area (Å²) in [6.45, 7) is 2.03. The van der Waals surface area contributed by atoms with E-state index in [4.69, 9.17) is 11.6 Å². The summed E-state index contributed by atoms with van der Waals surface area (Å²) in [6, 6.07) is 16.6. The zero-order valence-corrected chi connectivity index (χ0v) is 19.4. The fourth-order valence-corrected chi connectivity index (χ4v) is 5.34. The lowest BCUT2D eigenvalue weighted by molar-refractivity contribution is 0.551. The molecular weight excluding hydrogens is 454 g/mol. The molecule has 6 nitrogen and oxygen atoms in total. The van der Waals surface area contributed by atoms with Gasteiger partial charge < -0.3 is 4.98 Å². The Hall–Kier alpha value is -2.13. The highest BCUT2D eigenvalue weighted by molar-refractivity contribution is 7.99. The van der Waals surface area contributed by atoms with Gasteiger partial charge >= 0.3 is 0 Å². The van der Waals surface area contributed by atoms with Crippen molar-refractivity contribution in [3.63, 3.8) is 0 Å². The second-order valence-corrected chi connectivity index (χ2v) is 10.2. The molecule has 0 aliphatic rings. The third-order valence-corrected chi connectivity index (χ3v) is 7.19. The molecule has 0 spiro atoms. The van der Waals surface area contributed by atoms with Crippen molar-refractivity contribution in [2.24, 2.45) is 0 Å². The Kier molecular flexibility index (Phi) is 8.31. The van der Waals surface area contributed by atoms with Gasteiger partial charge in [0.2, 0.25) is 10.0 Å². The predicted molar refractivity (Wildman–Crippen MR) is 125 cm³/mol. The fourth-order valence-electron chi connectivity index (χ4n) is 3.06. The Morgan fingerprint density at radius 2 is 1.84 bits per heavy atom. The van der Waals surface area contributed by atoms with Gasteiger partial charge in [-0.1, -0.05) is 67.0 Å². The quantitative estimate of drug-likeness (QED) is 0.329. The van der Waals surface area contributed by atoms with E-state index in [1.165, 1.54) is 30.0 Å².